The molecule has 3 fully saturated rings. The molecule has 1 aromatic rings. The van der Waals surface area contributed by atoms with Crippen LogP contribution < -0.4 is 0 Å². The molecule has 1 spiro atoms. The number of aliphatic hydroxyl groups is 1. The Morgan fingerprint density at radius 1 is 1.30 bits per heavy atom. The molecule has 4 atom stereocenters. The number of rotatable bonds is 7. The molecule has 4 nitrogen and oxygen atoms in total. The summed E-state index contributed by atoms with van der Waals surface area (Å²) in [6.45, 7) is 4.98. The molecule has 2 bridgehead atoms. The zero-order valence-corrected chi connectivity index (χ0v) is 13.7. The van der Waals surface area contributed by atoms with Gasteiger partial charge < -0.3 is 14.6 Å². The van der Waals surface area contributed by atoms with Crippen molar-refractivity contribution in [3.05, 3.63) is 35.9 Å². The van der Waals surface area contributed by atoms with Crippen molar-refractivity contribution >= 4 is 0 Å². The van der Waals surface area contributed by atoms with E-state index in [0.717, 1.165) is 39.1 Å². The number of aliphatic hydroxyl groups excluding tert-OH is 1. The van der Waals surface area contributed by atoms with Gasteiger partial charge in [0, 0.05) is 44.7 Å². The molecular weight excluding hydrogens is 290 g/mol. The molecule has 0 radical (unpaired) electrons. The fourth-order valence-corrected chi connectivity index (χ4v) is 4.86. The van der Waals surface area contributed by atoms with Gasteiger partial charge in [-0.3, -0.25) is 4.90 Å². The quantitative estimate of drug-likeness (QED) is 0.782. The third-order valence-corrected chi connectivity index (χ3v) is 5.94. The normalized spacial score (nSPS) is 35.8. The maximum Gasteiger partial charge on any atom is 0.0858 e. The molecule has 126 valence electrons. The minimum atomic E-state index is 0.0585. The van der Waals surface area contributed by atoms with Crippen LogP contribution in [0.2, 0.25) is 0 Å². The number of hydrogen-bond donors (Lipinski definition) is 1. The molecule has 3 aliphatic rings. The number of likely N-dealkylation sites (tertiary alicyclic amines) is 1. The summed E-state index contributed by atoms with van der Waals surface area (Å²) in [4.78, 5) is 2.51. The van der Waals surface area contributed by atoms with E-state index in [2.05, 4.69) is 17.0 Å². The van der Waals surface area contributed by atoms with Gasteiger partial charge in [0.15, 0.2) is 0 Å². The van der Waals surface area contributed by atoms with E-state index in [-0.39, 0.29) is 12.2 Å². The molecule has 0 amide bonds. The molecule has 3 heterocycles. The summed E-state index contributed by atoms with van der Waals surface area (Å²) in [5.74, 6) is 0.902. The molecule has 4 heteroatoms. The van der Waals surface area contributed by atoms with E-state index >= 15 is 0 Å². The van der Waals surface area contributed by atoms with Crippen LogP contribution in [0.5, 0.6) is 0 Å². The number of nitrogens with zero attached hydrogens (tertiary/aromatic N) is 1. The standard InChI is InChI=1S/C19H27NO3/c21-12-16-17-11-20(14-19(17)8-7-18(16)23-19)9-4-10-22-13-15-5-2-1-3-6-15/h1-3,5-6,16-18,21H,4,7-14H2/t16-,17+,18+,19+/m0/s1. The van der Waals surface area contributed by atoms with Crippen LogP contribution in [0.15, 0.2) is 30.3 Å². The van der Waals surface area contributed by atoms with Gasteiger partial charge >= 0.3 is 0 Å². The lowest BCUT2D eigenvalue weighted by Gasteiger charge is -2.28. The molecule has 1 N–H and O–H groups in total. The number of benzene rings is 1. The SMILES string of the molecule is OC[C@H]1[C@H]2CN(CCCOCc3ccccc3)C[C@]23CC[C@H]1O3. The van der Waals surface area contributed by atoms with Crippen LogP contribution in [0.1, 0.15) is 24.8 Å². The molecule has 0 saturated carbocycles. The highest BCUT2D eigenvalue weighted by Crippen LogP contribution is 2.54. The molecule has 23 heavy (non-hydrogen) atoms. The number of hydrogen-bond acceptors (Lipinski definition) is 4. The van der Waals surface area contributed by atoms with Gasteiger partial charge in [-0.15, -0.1) is 0 Å². The van der Waals surface area contributed by atoms with Crippen molar-refractivity contribution in [2.45, 2.75) is 37.6 Å². The first-order chi connectivity index (χ1) is 11.3. The summed E-state index contributed by atoms with van der Waals surface area (Å²) in [6.07, 6.45) is 3.69. The molecule has 3 aliphatic heterocycles. The van der Waals surface area contributed by atoms with Crippen molar-refractivity contribution in [2.24, 2.45) is 11.8 Å². The first-order valence-corrected chi connectivity index (χ1v) is 8.93. The minimum Gasteiger partial charge on any atom is -0.396 e. The Hall–Kier alpha value is -0.940. The second-order valence-corrected chi connectivity index (χ2v) is 7.34. The molecule has 4 rings (SSSR count). The Morgan fingerprint density at radius 2 is 2.17 bits per heavy atom. The van der Waals surface area contributed by atoms with E-state index in [4.69, 9.17) is 9.47 Å². The Bertz CT molecular complexity index is 523. The maximum atomic E-state index is 9.65. The van der Waals surface area contributed by atoms with Crippen molar-refractivity contribution in [2.75, 3.05) is 32.8 Å². The Balaban J connectivity index is 1.20. The monoisotopic (exact) mass is 317 g/mol. The van der Waals surface area contributed by atoms with Crippen molar-refractivity contribution in [1.29, 1.82) is 0 Å². The largest absolute Gasteiger partial charge is 0.396 e. The van der Waals surface area contributed by atoms with Gasteiger partial charge in [0.1, 0.15) is 0 Å². The second kappa shape index (κ2) is 6.52. The van der Waals surface area contributed by atoms with E-state index in [1.807, 2.05) is 18.2 Å². The zero-order valence-electron chi connectivity index (χ0n) is 13.7. The van der Waals surface area contributed by atoms with Gasteiger partial charge in [0.05, 0.1) is 18.3 Å². The average Bonchev–Trinajstić information content (AvgIpc) is 3.22. The predicted octanol–water partition coefficient (Wildman–Crippen LogP) is 2.06. The third-order valence-electron chi connectivity index (χ3n) is 5.94. The van der Waals surface area contributed by atoms with E-state index < -0.39 is 0 Å². The Labute approximate surface area is 138 Å². The van der Waals surface area contributed by atoms with Crippen LogP contribution >= 0.6 is 0 Å². The first kappa shape index (κ1) is 15.6. The number of ether oxygens (including phenoxy) is 2. The molecule has 3 saturated heterocycles. The smallest absolute Gasteiger partial charge is 0.0858 e. The highest BCUT2D eigenvalue weighted by atomic mass is 16.5. The summed E-state index contributed by atoms with van der Waals surface area (Å²) in [5.41, 5.74) is 1.29. The lowest BCUT2D eigenvalue weighted by atomic mass is 9.74. The molecule has 1 aromatic carbocycles. The fourth-order valence-electron chi connectivity index (χ4n) is 4.86. The Kier molecular flexibility index (Phi) is 4.41. The molecule has 0 aromatic heterocycles. The second-order valence-electron chi connectivity index (χ2n) is 7.34. The fraction of sp³-hybridized carbons (Fsp3) is 0.684. The van der Waals surface area contributed by atoms with Crippen LogP contribution in [0.25, 0.3) is 0 Å². The average molecular weight is 317 g/mol. The lowest BCUT2D eigenvalue weighted by molar-refractivity contribution is 0.000191. The summed E-state index contributed by atoms with van der Waals surface area (Å²) < 4.78 is 12.0. The van der Waals surface area contributed by atoms with Gasteiger partial charge in [-0.25, -0.2) is 0 Å². The van der Waals surface area contributed by atoms with E-state index in [9.17, 15) is 5.11 Å². The minimum absolute atomic E-state index is 0.0585. The van der Waals surface area contributed by atoms with Gasteiger partial charge in [0.25, 0.3) is 0 Å². The zero-order chi connectivity index (χ0) is 15.7. The predicted molar refractivity (Wildman–Crippen MR) is 88.1 cm³/mol. The lowest BCUT2D eigenvalue weighted by Crippen LogP contribution is -2.37. The van der Waals surface area contributed by atoms with Gasteiger partial charge in [0.2, 0.25) is 0 Å². The third kappa shape index (κ3) is 2.93. The van der Waals surface area contributed by atoms with Crippen LogP contribution in [0.3, 0.4) is 0 Å². The van der Waals surface area contributed by atoms with Gasteiger partial charge in [-0.2, -0.15) is 0 Å². The molecular formula is C19H27NO3. The van der Waals surface area contributed by atoms with Gasteiger partial charge in [-0.1, -0.05) is 30.3 Å². The first-order valence-electron chi connectivity index (χ1n) is 8.93. The van der Waals surface area contributed by atoms with Crippen molar-refractivity contribution < 1.29 is 14.6 Å². The van der Waals surface area contributed by atoms with Crippen molar-refractivity contribution in [3.8, 4) is 0 Å². The topological polar surface area (TPSA) is 41.9 Å². The highest BCUT2D eigenvalue weighted by Gasteiger charge is 2.62. The molecule has 0 unspecified atom stereocenters. The van der Waals surface area contributed by atoms with Crippen LogP contribution in [0.4, 0.5) is 0 Å². The van der Waals surface area contributed by atoms with E-state index in [0.29, 0.717) is 24.5 Å². The summed E-state index contributed by atoms with van der Waals surface area (Å²) in [6, 6.07) is 10.3. The highest BCUT2D eigenvalue weighted by molar-refractivity contribution is 5.13. The van der Waals surface area contributed by atoms with Crippen molar-refractivity contribution in [1.82, 2.24) is 4.90 Å². The summed E-state index contributed by atoms with van der Waals surface area (Å²) in [5, 5.41) is 9.65. The van der Waals surface area contributed by atoms with Crippen molar-refractivity contribution in [3.63, 3.8) is 0 Å². The maximum absolute atomic E-state index is 9.65. The van der Waals surface area contributed by atoms with Crippen LogP contribution in [-0.2, 0) is 16.1 Å². The van der Waals surface area contributed by atoms with Gasteiger partial charge in [-0.05, 0) is 24.8 Å². The summed E-state index contributed by atoms with van der Waals surface area (Å²) >= 11 is 0. The van der Waals surface area contributed by atoms with E-state index in [1.54, 1.807) is 0 Å². The summed E-state index contributed by atoms with van der Waals surface area (Å²) in [7, 11) is 0. The van der Waals surface area contributed by atoms with E-state index in [1.165, 1.54) is 12.0 Å². The Morgan fingerprint density at radius 3 is 3.00 bits per heavy atom. The van der Waals surface area contributed by atoms with Crippen LogP contribution in [0, 0.1) is 11.8 Å². The number of fused-ring (bicyclic) bond motifs is 1. The molecule has 0 aliphatic carbocycles. The van der Waals surface area contributed by atoms with Crippen LogP contribution in [-0.4, -0.2) is 54.6 Å².